The summed E-state index contributed by atoms with van der Waals surface area (Å²) < 4.78 is 39.3. The SMILES string of the molecule is COCCN(Cc1ccc(OC)c(OS(=O)(=O)C(C)C)c1)C(C)=O. The molecule has 1 rings (SSSR count). The molecule has 7 nitrogen and oxygen atoms in total. The molecule has 0 heterocycles. The van der Waals surface area contributed by atoms with Crippen molar-refractivity contribution in [3.05, 3.63) is 23.8 Å². The molecule has 0 aliphatic rings. The van der Waals surface area contributed by atoms with Crippen LogP contribution in [0.2, 0.25) is 0 Å². The molecule has 1 aromatic rings. The van der Waals surface area contributed by atoms with Crippen molar-refractivity contribution >= 4 is 16.0 Å². The van der Waals surface area contributed by atoms with Crippen molar-refractivity contribution in [3.8, 4) is 11.5 Å². The molecule has 0 atom stereocenters. The lowest BCUT2D eigenvalue weighted by molar-refractivity contribution is -0.130. The Labute approximate surface area is 143 Å². The normalized spacial score (nSPS) is 11.4. The summed E-state index contributed by atoms with van der Waals surface area (Å²) in [4.78, 5) is 13.3. The lowest BCUT2D eigenvalue weighted by Gasteiger charge is -2.21. The molecule has 0 saturated heterocycles. The Hall–Kier alpha value is -1.80. The quantitative estimate of drug-likeness (QED) is 0.626. The van der Waals surface area contributed by atoms with Gasteiger partial charge in [-0.25, -0.2) is 0 Å². The average Bonchev–Trinajstić information content (AvgIpc) is 2.50. The first kappa shape index (κ1) is 20.2. The molecule has 0 unspecified atom stereocenters. The summed E-state index contributed by atoms with van der Waals surface area (Å²) >= 11 is 0. The van der Waals surface area contributed by atoms with E-state index in [-0.39, 0.29) is 11.7 Å². The highest BCUT2D eigenvalue weighted by Gasteiger charge is 2.21. The van der Waals surface area contributed by atoms with Gasteiger partial charge in [0.1, 0.15) is 0 Å². The number of hydrogen-bond donors (Lipinski definition) is 0. The van der Waals surface area contributed by atoms with Crippen LogP contribution in [-0.2, 0) is 26.2 Å². The highest BCUT2D eigenvalue weighted by atomic mass is 32.2. The Bertz CT molecular complexity index is 657. The maximum Gasteiger partial charge on any atom is 0.311 e. The Kier molecular flexibility index (Phi) is 7.50. The van der Waals surface area contributed by atoms with Crippen LogP contribution < -0.4 is 8.92 Å². The molecule has 1 amide bonds. The van der Waals surface area contributed by atoms with Crippen LogP contribution in [0.5, 0.6) is 11.5 Å². The minimum Gasteiger partial charge on any atom is -0.493 e. The summed E-state index contributed by atoms with van der Waals surface area (Å²) in [5.41, 5.74) is 0.732. The Morgan fingerprint density at radius 1 is 1.21 bits per heavy atom. The topological polar surface area (TPSA) is 82.1 Å². The van der Waals surface area contributed by atoms with Gasteiger partial charge in [-0.15, -0.1) is 0 Å². The summed E-state index contributed by atoms with van der Waals surface area (Å²) in [5, 5.41) is -0.679. The molecule has 0 bridgehead atoms. The molecule has 0 N–H and O–H groups in total. The van der Waals surface area contributed by atoms with Gasteiger partial charge in [0.15, 0.2) is 11.5 Å². The van der Waals surface area contributed by atoms with Gasteiger partial charge in [-0.2, -0.15) is 8.42 Å². The van der Waals surface area contributed by atoms with Crippen molar-refractivity contribution in [2.75, 3.05) is 27.4 Å². The minimum atomic E-state index is -3.74. The van der Waals surface area contributed by atoms with Crippen molar-refractivity contribution in [1.82, 2.24) is 4.90 Å². The summed E-state index contributed by atoms with van der Waals surface area (Å²) in [5.74, 6) is 0.327. The van der Waals surface area contributed by atoms with E-state index in [4.69, 9.17) is 13.7 Å². The molecule has 24 heavy (non-hydrogen) atoms. The molecular formula is C16H25NO6S. The Morgan fingerprint density at radius 3 is 2.38 bits per heavy atom. The first-order valence-corrected chi connectivity index (χ1v) is 9.03. The van der Waals surface area contributed by atoms with E-state index in [1.165, 1.54) is 27.9 Å². The first-order chi connectivity index (χ1) is 11.2. The molecule has 0 aliphatic carbocycles. The maximum atomic E-state index is 12.0. The lowest BCUT2D eigenvalue weighted by atomic mass is 10.2. The van der Waals surface area contributed by atoms with Crippen molar-refractivity contribution in [2.24, 2.45) is 0 Å². The predicted octanol–water partition coefficient (Wildman–Crippen LogP) is 1.81. The zero-order valence-electron chi connectivity index (χ0n) is 14.7. The fourth-order valence-electron chi connectivity index (χ4n) is 1.88. The molecule has 136 valence electrons. The van der Waals surface area contributed by atoms with Crippen LogP contribution in [0, 0.1) is 0 Å². The third-order valence-corrected chi connectivity index (χ3v) is 4.96. The number of ether oxygens (including phenoxy) is 2. The van der Waals surface area contributed by atoms with E-state index in [0.717, 1.165) is 5.56 Å². The number of carbonyl (C=O) groups is 1. The fraction of sp³-hybridized carbons (Fsp3) is 0.562. The number of amides is 1. The van der Waals surface area contributed by atoms with Gasteiger partial charge in [-0.1, -0.05) is 6.07 Å². The average molecular weight is 359 g/mol. The van der Waals surface area contributed by atoms with Crippen molar-refractivity contribution in [3.63, 3.8) is 0 Å². The van der Waals surface area contributed by atoms with Crippen molar-refractivity contribution in [2.45, 2.75) is 32.6 Å². The zero-order chi connectivity index (χ0) is 18.3. The first-order valence-electron chi connectivity index (χ1n) is 7.56. The van der Waals surface area contributed by atoms with E-state index in [9.17, 15) is 13.2 Å². The van der Waals surface area contributed by atoms with E-state index in [0.29, 0.717) is 25.4 Å². The van der Waals surface area contributed by atoms with E-state index in [1.54, 1.807) is 30.2 Å². The lowest BCUT2D eigenvalue weighted by Crippen LogP contribution is -2.31. The van der Waals surface area contributed by atoms with Crippen molar-refractivity contribution < 1.29 is 26.9 Å². The summed E-state index contributed by atoms with van der Waals surface area (Å²) in [6.45, 7) is 5.72. The standard InChI is InChI=1S/C16H25NO6S/c1-12(2)24(19,20)23-16-10-14(6-7-15(16)22-5)11-17(13(3)18)8-9-21-4/h6-7,10,12H,8-9,11H2,1-5H3. The van der Waals surface area contributed by atoms with Crippen LogP contribution in [0.15, 0.2) is 18.2 Å². The number of nitrogens with zero attached hydrogens (tertiary/aromatic N) is 1. The van der Waals surface area contributed by atoms with E-state index in [2.05, 4.69) is 0 Å². The summed E-state index contributed by atoms with van der Waals surface area (Å²) in [6.07, 6.45) is 0. The van der Waals surface area contributed by atoms with Crippen LogP contribution >= 0.6 is 0 Å². The number of benzene rings is 1. The summed E-state index contributed by atoms with van der Waals surface area (Å²) in [7, 11) is -0.741. The van der Waals surface area contributed by atoms with Crippen molar-refractivity contribution in [1.29, 1.82) is 0 Å². The van der Waals surface area contributed by atoms with Gasteiger partial charge in [0.25, 0.3) is 0 Å². The van der Waals surface area contributed by atoms with Gasteiger partial charge in [0.2, 0.25) is 5.91 Å². The van der Waals surface area contributed by atoms with Crippen LogP contribution in [0.1, 0.15) is 26.3 Å². The maximum absolute atomic E-state index is 12.0. The van der Waals surface area contributed by atoms with E-state index in [1.807, 2.05) is 0 Å². The van der Waals surface area contributed by atoms with E-state index >= 15 is 0 Å². The highest BCUT2D eigenvalue weighted by Crippen LogP contribution is 2.30. The Morgan fingerprint density at radius 2 is 1.88 bits per heavy atom. The molecule has 0 saturated carbocycles. The third-order valence-electron chi connectivity index (χ3n) is 3.40. The largest absolute Gasteiger partial charge is 0.493 e. The highest BCUT2D eigenvalue weighted by molar-refractivity contribution is 7.87. The molecular weight excluding hydrogens is 334 g/mol. The second-order valence-corrected chi connectivity index (χ2v) is 7.64. The third kappa shape index (κ3) is 5.68. The molecule has 1 aromatic carbocycles. The van der Waals surface area contributed by atoms with Gasteiger partial charge in [0.05, 0.1) is 19.0 Å². The zero-order valence-corrected chi connectivity index (χ0v) is 15.6. The number of hydrogen-bond acceptors (Lipinski definition) is 6. The molecule has 0 radical (unpaired) electrons. The van der Waals surface area contributed by atoms with E-state index < -0.39 is 15.4 Å². The second kappa shape index (κ2) is 8.89. The molecule has 0 aliphatic heterocycles. The Balaban J connectivity index is 3.06. The van der Waals surface area contributed by atoms with Gasteiger partial charge in [-0.3, -0.25) is 4.79 Å². The fourth-order valence-corrected chi connectivity index (χ4v) is 2.45. The van der Waals surface area contributed by atoms with Gasteiger partial charge >= 0.3 is 10.1 Å². The van der Waals surface area contributed by atoms with Gasteiger partial charge in [0, 0.05) is 27.1 Å². The van der Waals surface area contributed by atoms with Crippen LogP contribution in [0.25, 0.3) is 0 Å². The van der Waals surface area contributed by atoms with Gasteiger partial charge in [-0.05, 0) is 31.5 Å². The summed E-state index contributed by atoms with van der Waals surface area (Å²) in [6, 6.07) is 4.95. The molecule has 8 heteroatoms. The second-order valence-electron chi connectivity index (χ2n) is 5.54. The predicted molar refractivity (Wildman–Crippen MR) is 90.6 cm³/mol. The number of rotatable bonds is 9. The number of carbonyl (C=O) groups excluding carboxylic acids is 1. The monoisotopic (exact) mass is 359 g/mol. The smallest absolute Gasteiger partial charge is 0.311 e. The molecule has 0 aromatic heterocycles. The number of methoxy groups -OCH3 is 2. The minimum absolute atomic E-state index is 0.0971. The van der Waals surface area contributed by atoms with Crippen LogP contribution in [0.3, 0.4) is 0 Å². The molecule has 0 spiro atoms. The van der Waals surface area contributed by atoms with Crippen LogP contribution in [-0.4, -0.2) is 51.8 Å². The van der Waals surface area contributed by atoms with Crippen LogP contribution in [0.4, 0.5) is 0 Å². The van der Waals surface area contributed by atoms with Gasteiger partial charge < -0.3 is 18.6 Å². The molecule has 0 fully saturated rings.